The SMILES string of the molecule is [N-]=[N+]=NC[C@@H]1[C@H](O)[C@@H](CO)O[C@H]1[n+]1cccc(C(N)=O)c1. The highest BCUT2D eigenvalue weighted by atomic mass is 16.5. The van der Waals surface area contributed by atoms with Crippen LogP contribution in [0, 0.1) is 5.92 Å². The van der Waals surface area contributed by atoms with Gasteiger partial charge in [-0.1, -0.05) is 5.11 Å². The third-order valence-corrected chi connectivity index (χ3v) is 3.44. The van der Waals surface area contributed by atoms with Crippen LogP contribution in [0.15, 0.2) is 29.6 Å². The van der Waals surface area contributed by atoms with Crippen LogP contribution in [0.1, 0.15) is 16.6 Å². The number of carbonyl (C=O) groups is 1. The minimum absolute atomic E-state index is 0.00658. The predicted molar refractivity (Wildman–Crippen MR) is 69.7 cm³/mol. The second-order valence-electron chi connectivity index (χ2n) is 4.72. The molecular formula is C12H16N5O4+. The van der Waals surface area contributed by atoms with Crippen molar-refractivity contribution in [2.24, 2.45) is 16.8 Å². The van der Waals surface area contributed by atoms with Gasteiger partial charge < -0.3 is 20.7 Å². The van der Waals surface area contributed by atoms with Gasteiger partial charge in [0.2, 0.25) is 0 Å². The lowest BCUT2D eigenvalue weighted by molar-refractivity contribution is -0.765. The molecule has 9 nitrogen and oxygen atoms in total. The number of pyridine rings is 1. The molecule has 1 aromatic heterocycles. The molecule has 1 aliphatic rings. The molecule has 0 aromatic carbocycles. The Morgan fingerprint density at radius 2 is 2.38 bits per heavy atom. The van der Waals surface area contributed by atoms with Gasteiger partial charge in [0.05, 0.1) is 18.6 Å². The van der Waals surface area contributed by atoms with Crippen LogP contribution in [-0.4, -0.2) is 41.5 Å². The lowest BCUT2D eigenvalue weighted by Gasteiger charge is -2.14. The van der Waals surface area contributed by atoms with E-state index in [-0.39, 0.29) is 18.7 Å². The number of nitrogens with zero attached hydrogens (tertiary/aromatic N) is 4. The molecule has 0 saturated carbocycles. The van der Waals surface area contributed by atoms with Crippen molar-refractivity contribution in [1.29, 1.82) is 0 Å². The number of amides is 1. The molecule has 0 aliphatic carbocycles. The Morgan fingerprint density at radius 1 is 1.62 bits per heavy atom. The van der Waals surface area contributed by atoms with Crippen molar-refractivity contribution in [3.05, 3.63) is 40.5 Å². The summed E-state index contributed by atoms with van der Waals surface area (Å²) in [7, 11) is 0. The van der Waals surface area contributed by atoms with Crippen LogP contribution in [0.3, 0.4) is 0 Å². The van der Waals surface area contributed by atoms with Gasteiger partial charge in [-0.25, -0.2) is 0 Å². The molecule has 21 heavy (non-hydrogen) atoms. The normalized spacial score (nSPS) is 28.1. The quantitative estimate of drug-likeness (QED) is 0.284. The smallest absolute Gasteiger partial charge is 0.268 e. The molecule has 1 aliphatic heterocycles. The molecule has 1 aromatic rings. The van der Waals surface area contributed by atoms with E-state index in [2.05, 4.69) is 10.0 Å². The summed E-state index contributed by atoms with van der Waals surface area (Å²) in [5, 5.41) is 22.8. The van der Waals surface area contributed by atoms with Crippen molar-refractivity contribution in [1.82, 2.24) is 0 Å². The average molecular weight is 294 g/mol. The fourth-order valence-electron chi connectivity index (χ4n) is 2.37. The van der Waals surface area contributed by atoms with Gasteiger partial charge in [0.25, 0.3) is 12.1 Å². The molecule has 9 heteroatoms. The van der Waals surface area contributed by atoms with Crippen LogP contribution in [0.25, 0.3) is 10.4 Å². The Labute approximate surface area is 120 Å². The van der Waals surface area contributed by atoms with E-state index >= 15 is 0 Å². The number of nitrogens with two attached hydrogens (primary N) is 1. The van der Waals surface area contributed by atoms with Crippen molar-refractivity contribution >= 4 is 5.91 Å². The number of carbonyl (C=O) groups excluding carboxylic acids is 1. The van der Waals surface area contributed by atoms with Crippen molar-refractivity contribution in [2.75, 3.05) is 13.2 Å². The zero-order valence-electron chi connectivity index (χ0n) is 11.1. The highest BCUT2D eigenvalue weighted by molar-refractivity contribution is 5.92. The minimum Gasteiger partial charge on any atom is -0.394 e. The summed E-state index contributed by atoms with van der Waals surface area (Å²) >= 11 is 0. The lowest BCUT2D eigenvalue weighted by atomic mass is 10.00. The van der Waals surface area contributed by atoms with Crippen LogP contribution < -0.4 is 10.3 Å². The van der Waals surface area contributed by atoms with E-state index in [0.29, 0.717) is 0 Å². The summed E-state index contributed by atoms with van der Waals surface area (Å²) in [5.74, 6) is -1.13. The molecule has 1 amide bonds. The largest absolute Gasteiger partial charge is 0.394 e. The van der Waals surface area contributed by atoms with Crippen molar-refractivity contribution in [2.45, 2.75) is 18.4 Å². The summed E-state index contributed by atoms with van der Waals surface area (Å²) in [5.41, 5.74) is 13.9. The fourth-order valence-corrected chi connectivity index (χ4v) is 2.37. The maximum Gasteiger partial charge on any atom is 0.268 e. The van der Waals surface area contributed by atoms with E-state index in [4.69, 9.17) is 16.0 Å². The van der Waals surface area contributed by atoms with E-state index in [1.807, 2.05) is 0 Å². The van der Waals surface area contributed by atoms with Gasteiger partial charge in [0, 0.05) is 17.5 Å². The molecule has 0 spiro atoms. The highest BCUT2D eigenvalue weighted by Crippen LogP contribution is 2.31. The summed E-state index contributed by atoms with van der Waals surface area (Å²) in [6.07, 6.45) is 0.714. The van der Waals surface area contributed by atoms with Crippen LogP contribution in [0.2, 0.25) is 0 Å². The Kier molecular flexibility index (Phi) is 4.71. The second-order valence-corrected chi connectivity index (χ2v) is 4.72. The second kappa shape index (κ2) is 6.51. The first-order valence-corrected chi connectivity index (χ1v) is 6.34. The Morgan fingerprint density at radius 3 is 3.00 bits per heavy atom. The maximum atomic E-state index is 11.2. The van der Waals surface area contributed by atoms with Crippen molar-refractivity contribution in [3.63, 3.8) is 0 Å². The number of ether oxygens (including phenoxy) is 1. The van der Waals surface area contributed by atoms with Crippen LogP contribution in [0.5, 0.6) is 0 Å². The molecule has 0 radical (unpaired) electrons. The van der Waals surface area contributed by atoms with E-state index in [0.717, 1.165) is 0 Å². The number of hydrogen-bond acceptors (Lipinski definition) is 5. The fraction of sp³-hybridized carbons (Fsp3) is 0.500. The number of hydrogen-bond donors (Lipinski definition) is 3. The van der Waals surface area contributed by atoms with E-state index in [9.17, 15) is 15.0 Å². The highest BCUT2D eigenvalue weighted by Gasteiger charge is 2.48. The Balaban J connectivity index is 2.32. The molecule has 0 bridgehead atoms. The lowest BCUT2D eigenvalue weighted by Crippen LogP contribution is -2.44. The maximum absolute atomic E-state index is 11.2. The van der Waals surface area contributed by atoms with Gasteiger partial charge in [0.15, 0.2) is 12.4 Å². The number of aliphatic hydroxyl groups excluding tert-OH is 2. The first-order chi connectivity index (χ1) is 10.1. The zero-order valence-corrected chi connectivity index (χ0v) is 11.1. The molecule has 4 atom stereocenters. The number of rotatable bonds is 5. The number of aliphatic hydroxyl groups is 2. The molecule has 0 unspecified atom stereocenters. The summed E-state index contributed by atoms with van der Waals surface area (Å²) in [4.78, 5) is 13.9. The molecular weight excluding hydrogens is 278 g/mol. The van der Waals surface area contributed by atoms with Gasteiger partial charge in [0.1, 0.15) is 11.7 Å². The molecule has 2 heterocycles. The average Bonchev–Trinajstić information content (AvgIpc) is 2.81. The topological polar surface area (TPSA) is 145 Å². The van der Waals surface area contributed by atoms with Gasteiger partial charge in [-0.2, -0.15) is 4.57 Å². The molecule has 2 rings (SSSR count). The first kappa shape index (κ1) is 15.2. The number of aromatic nitrogens is 1. The third kappa shape index (κ3) is 3.11. The number of primary amides is 1. The van der Waals surface area contributed by atoms with Gasteiger partial charge in [-0.05, 0) is 11.6 Å². The van der Waals surface area contributed by atoms with Crippen LogP contribution >= 0.6 is 0 Å². The summed E-state index contributed by atoms with van der Waals surface area (Å²) in [6.45, 7) is -0.354. The molecule has 1 fully saturated rings. The summed E-state index contributed by atoms with van der Waals surface area (Å²) < 4.78 is 7.15. The summed E-state index contributed by atoms with van der Waals surface area (Å²) in [6, 6.07) is 3.17. The monoisotopic (exact) mass is 294 g/mol. The predicted octanol–water partition coefficient (Wildman–Crippen LogP) is -0.750. The minimum atomic E-state index is -0.977. The van der Waals surface area contributed by atoms with Crippen LogP contribution in [0.4, 0.5) is 0 Å². The van der Waals surface area contributed by atoms with Gasteiger partial charge in [-0.3, -0.25) is 4.79 Å². The molecule has 112 valence electrons. The van der Waals surface area contributed by atoms with Gasteiger partial charge in [-0.15, -0.1) is 0 Å². The zero-order chi connectivity index (χ0) is 15.4. The third-order valence-electron chi connectivity index (χ3n) is 3.44. The Bertz CT molecular complexity index is 575. The number of azide groups is 1. The van der Waals surface area contributed by atoms with Crippen LogP contribution in [-0.2, 0) is 4.74 Å². The van der Waals surface area contributed by atoms with E-state index in [1.165, 1.54) is 6.20 Å². The van der Waals surface area contributed by atoms with Crippen molar-refractivity contribution in [3.8, 4) is 0 Å². The van der Waals surface area contributed by atoms with E-state index < -0.39 is 30.3 Å². The van der Waals surface area contributed by atoms with Gasteiger partial charge >= 0.3 is 0 Å². The molecule has 4 N–H and O–H groups in total. The van der Waals surface area contributed by atoms with Crippen molar-refractivity contribution < 1.29 is 24.3 Å². The first-order valence-electron chi connectivity index (χ1n) is 6.34. The molecule has 1 saturated heterocycles. The standard InChI is InChI=1S/C12H15N5O4/c13-11(20)7-2-1-3-17(5-7)12-8(4-15-16-14)10(19)9(6-18)21-12/h1-3,5,8-10,12,18-19H,4,6H2,(H-,13,20)/p+1/t8-,9-,10+,12-/m1/s1. The Hall–Kier alpha value is -2.19. The van der Waals surface area contributed by atoms with E-state index in [1.54, 1.807) is 22.9 Å².